The molecule has 0 fully saturated rings. The van der Waals surface area contributed by atoms with Crippen LogP contribution in [0, 0.1) is 12.7 Å². The van der Waals surface area contributed by atoms with Gasteiger partial charge < -0.3 is 20.0 Å². The molecule has 0 bridgehead atoms. The fourth-order valence-electron chi connectivity index (χ4n) is 5.19. The van der Waals surface area contributed by atoms with Crippen molar-refractivity contribution in [3.05, 3.63) is 82.7 Å². The van der Waals surface area contributed by atoms with E-state index in [-0.39, 0.29) is 22.9 Å². The summed E-state index contributed by atoms with van der Waals surface area (Å²) in [5.41, 5.74) is 13.5. The van der Waals surface area contributed by atoms with Gasteiger partial charge in [0.1, 0.15) is 17.3 Å². The van der Waals surface area contributed by atoms with Crippen LogP contribution in [0.2, 0.25) is 0 Å². The summed E-state index contributed by atoms with van der Waals surface area (Å²) in [5.74, 6) is 0.168. The van der Waals surface area contributed by atoms with Crippen LogP contribution in [-0.2, 0) is 10.1 Å². The highest BCUT2D eigenvalue weighted by molar-refractivity contribution is 7.87. The summed E-state index contributed by atoms with van der Waals surface area (Å²) in [6.45, 7) is 9.93. The van der Waals surface area contributed by atoms with Crippen molar-refractivity contribution < 1.29 is 21.7 Å². The summed E-state index contributed by atoms with van der Waals surface area (Å²) in [4.78, 5) is 0. The molecule has 4 rings (SSSR count). The second-order valence-corrected chi connectivity index (χ2v) is 12.0. The van der Waals surface area contributed by atoms with E-state index in [2.05, 4.69) is 25.2 Å². The molecule has 6 nitrogen and oxygen atoms in total. The normalized spacial score (nSPS) is 15.2. The lowest BCUT2D eigenvalue weighted by Gasteiger charge is -2.35. The molecule has 8 heteroatoms. The van der Waals surface area contributed by atoms with Gasteiger partial charge in [0.05, 0.1) is 24.4 Å². The van der Waals surface area contributed by atoms with Crippen LogP contribution < -0.4 is 20.0 Å². The van der Waals surface area contributed by atoms with E-state index in [0.717, 1.165) is 33.5 Å². The van der Waals surface area contributed by atoms with Crippen molar-refractivity contribution in [3.8, 4) is 22.6 Å². The number of aryl methyl sites for hydroxylation is 1. The molecule has 1 heterocycles. The second kappa shape index (κ2) is 10.4. The summed E-state index contributed by atoms with van der Waals surface area (Å²) in [6.07, 6.45) is 2.60. The highest BCUT2D eigenvalue weighted by atomic mass is 32.2. The zero-order valence-corrected chi connectivity index (χ0v) is 23.5. The van der Waals surface area contributed by atoms with Gasteiger partial charge >= 0.3 is 10.1 Å². The molecule has 0 aromatic heterocycles. The smallest absolute Gasteiger partial charge is 0.309 e. The van der Waals surface area contributed by atoms with Gasteiger partial charge in [-0.1, -0.05) is 25.1 Å². The van der Waals surface area contributed by atoms with Gasteiger partial charge in [0.2, 0.25) is 0 Å². The number of ether oxygens (including phenoxy) is 1. The number of nitrogens with one attached hydrogen (secondary N) is 1. The summed E-state index contributed by atoms with van der Waals surface area (Å²) in [6, 6.07) is 12.9. The molecule has 0 spiro atoms. The van der Waals surface area contributed by atoms with E-state index < -0.39 is 16.2 Å². The number of rotatable bonds is 8. The minimum Gasteiger partial charge on any atom is -0.496 e. The minimum absolute atomic E-state index is 0.0805. The number of benzene rings is 3. The molecule has 202 valence electrons. The van der Waals surface area contributed by atoms with Crippen LogP contribution in [-0.4, -0.2) is 26.8 Å². The third-order valence-electron chi connectivity index (χ3n) is 6.70. The van der Waals surface area contributed by atoms with Gasteiger partial charge in [-0.2, -0.15) is 8.42 Å². The van der Waals surface area contributed by atoms with Gasteiger partial charge in [-0.05, 0) is 92.3 Å². The molecule has 0 saturated carbocycles. The van der Waals surface area contributed by atoms with Crippen molar-refractivity contribution in [1.82, 2.24) is 0 Å². The highest BCUT2D eigenvalue weighted by Crippen LogP contribution is 2.46. The molecule has 0 amide bonds. The Balaban J connectivity index is 1.95. The molecule has 3 aromatic carbocycles. The van der Waals surface area contributed by atoms with Crippen LogP contribution in [0.1, 0.15) is 62.4 Å². The Morgan fingerprint density at radius 2 is 1.76 bits per heavy atom. The standard InChI is InChI=1S/C30H35FN2O4S/c1-7-14-38(34,35)37-21-10-11-22(26(16-21)36-6)23-12-13-25-27(19(3)17-30(4,5)33-25)28(23)29(32)24-15-20(31)9-8-18(24)2/h8-13,15-17,29,33H,7,14,32H2,1-6H3. The number of hydrogen-bond donors (Lipinski definition) is 2. The number of methoxy groups -OCH3 is 1. The third kappa shape index (κ3) is 5.56. The van der Waals surface area contributed by atoms with Crippen LogP contribution in [0.25, 0.3) is 16.7 Å². The molecular formula is C30H35FN2O4S. The van der Waals surface area contributed by atoms with Gasteiger partial charge in [-0.15, -0.1) is 0 Å². The first-order valence-electron chi connectivity index (χ1n) is 12.6. The highest BCUT2D eigenvalue weighted by Gasteiger charge is 2.30. The van der Waals surface area contributed by atoms with Crippen molar-refractivity contribution in [3.63, 3.8) is 0 Å². The zero-order valence-electron chi connectivity index (χ0n) is 22.7. The van der Waals surface area contributed by atoms with E-state index >= 15 is 0 Å². The molecule has 1 unspecified atom stereocenters. The van der Waals surface area contributed by atoms with Gasteiger partial charge in [-0.3, -0.25) is 0 Å². The molecule has 1 aliphatic heterocycles. The van der Waals surface area contributed by atoms with Crippen LogP contribution >= 0.6 is 0 Å². The molecular weight excluding hydrogens is 503 g/mol. The average molecular weight is 539 g/mol. The summed E-state index contributed by atoms with van der Waals surface area (Å²) >= 11 is 0. The largest absolute Gasteiger partial charge is 0.496 e. The Kier molecular flexibility index (Phi) is 7.59. The maximum atomic E-state index is 14.4. The van der Waals surface area contributed by atoms with E-state index in [0.29, 0.717) is 23.3 Å². The fraction of sp³-hybridized carbons (Fsp3) is 0.333. The number of nitrogens with two attached hydrogens (primary N) is 1. The molecule has 0 aliphatic carbocycles. The minimum atomic E-state index is -3.71. The first-order chi connectivity index (χ1) is 17.9. The van der Waals surface area contributed by atoms with Gasteiger partial charge in [0, 0.05) is 22.9 Å². The SMILES string of the molecule is CCCS(=O)(=O)Oc1ccc(-c2ccc3c(c2C(N)c2cc(F)ccc2C)C(C)=CC(C)(C)N3)c(OC)c1. The van der Waals surface area contributed by atoms with Crippen molar-refractivity contribution in [1.29, 1.82) is 0 Å². The van der Waals surface area contributed by atoms with Crippen molar-refractivity contribution in [2.75, 3.05) is 18.2 Å². The van der Waals surface area contributed by atoms with E-state index in [4.69, 9.17) is 14.7 Å². The predicted octanol–water partition coefficient (Wildman–Crippen LogP) is 6.58. The Hall–Kier alpha value is -3.36. The maximum Gasteiger partial charge on any atom is 0.309 e. The number of fused-ring (bicyclic) bond motifs is 1. The van der Waals surface area contributed by atoms with Crippen LogP contribution in [0.3, 0.4) is 0 Å². The Bertz CT molecular complexity index is 1510. The third-order valence-corrected chi connectivity index (χ3v) is 8.06. The van der Waals surface area contributed by atoms with Gasteiger partial charge in [-0.25, -0.2) is 4.39 Å². The van der Waals surface area contributed by atoms with Crippen LogP contribution in [0.4, 0.5) is 10.1 Å². The summed E-state index contributed by atoms with van der Waals surface area (Å²) in [5, 5.41) is 3.57. The van der Waals surface area contributed by atoms with Gasteiger partial charge in [0.25, 0.3) is 0 Å². The lowest BCUT2D eigenvalue weighted by Crippen LogP contribution is -2.32. The number of allylic oxidation sites excluding steroid dienone is 1. The number of halogens is 1. The van der Waals surface area contributed by atoms with E-state index in [1.54, 1.807) is 31.2 Å². The molecule has 1 atom stereocenters. The Morgan fingerprint density at radius 3 is 2.45 bits per heavy atom. The molecule has 3 aromatic rings. The van der Waals surface area contributed by atoms with Crippen molar-refractivity contribution in [2.24, 2.45) is 5.73 Å². The lowest BCUT2D eigenvalue weighted by atomic mass is 9.80. The predicted molar refractivity (Wildman–Crippen MR) is 152 cm³/mol. The molecule has 38 heavy (non-hydrogen) atoms. The number of anilines is 1. The number of hydrogen-bond acceptors (Lipinski definition) is 6. The van der Waals surface area contributed by atoms with E-state index in [1.165, 1.54) is 19.2 Å². The molecule has 0 saturated heterocycles. The summed E-state index contributed by atoms with van der Waals surface area (Å²) in [7, 11) is -2.19. The average Bonchev–Trinajstić information content (AvgIpc) is 2.83. The first-order valence-corrected chi connectivity index (χ1v) is 14.2. The van der Waals surface area contributed by atoms with Crippen LogP contribution in [0.5, 0.6) is 11.5 Å². The maximum absolute atomic E-state index is 14.4. The van der Waals surface area contributed by atoms with Crippen molar-refractivity contribution in [2.45, 2.75) is 52.6 Å². The lowest BCUT2D eigenvalue weighted by molar-refractivity contribution is 0.413. The Labute approximate surface area is 224 Å². The molecule has 3 N–H and O–H groups in total. The van der Waals surface area contributed by atoms with E-state index in [9.17, 15) is 12.8 Å². The quantitative estimate of drug-likeness (QED) is 0.315. The summed E-state index contributed by atoms with van der Waals surface area (Å²) < 4.78 is 49.8. The second-order valence-electron chi connectivity index (χ2n) is 10.3. The monoisotopic (exact) mass is 538 g/mol. The molecule has 1 aliphatic rings. The van der Waals surface area contributed by atoms with Gasteiger partial charge in [0.15, 0.2) is 0 Å². The van der Waals surface area contributed by atoms with Crippen LogP contribution in [0.15, 0.2) is 54.6 Å². The van der Waals surface area contributed by atoms with Crippen molar-refractivity contribution >= 4 is 21.4 Å². The Morgan fingerprint density at radius 1 is 1.05 bits per heavy atom. The topological polar surface area (TPSA) is 90.7 Å². The van der Waals surface area contributed by atoms with E-state index in [1.807, 2.05) is 26.0 Å². The molecule has 0 radical (unpaired) electrons. The fourth-order valence-corrected chi connectivity index (χ4v) is 6.17. The first kappa shape index (κ1) is 27.7. The zero-order chi connectivity index (χ0) is 27.8.